The van der Waals surface area contributed by atoms with Gasteiger partial charge in [0.1, 0.15) is 0 Å². The molecule has 1 heterocycles. The zero-order valence-corrected chi connectivity index (χ0v) is 4.42. The smallest absolute Gasteiger partial charge is 0.337 e. The van der Waals surface area contributed by atoms with E-state index >= 15 is 0 Å². The number of ether oxygens (including phenoxy) is 1. The Morgan fingerprint density at radius 3 is 2.62 bits per heavy atom. The van der Waals surface area contributed by atoms with Gasteiger partial charge in [0.05, 0.1) is 0 Å². The van der Waals surface area contributed by atoms with E-state index in [1.165, 1.54) is 12.2 Å². The lowest BCUT2D eigenvalue weighted by atomic mass is 10.5. The molecule has 0 aromatic heterocycles. The molecule has 0 N–H and O–H groups in total. The monoisotopic (exact) mass is 111 g/mol. The fourth-order valence-corrected chi connectivity index (χ4v) is 0.431. The Bertz CT molecular complexity index is 169. The van der Waals surface area contributed by atoms with Gasteiger partial charge in [-0.05, 0) is 0 Å². The molecule has 0 amide bonds. The molecule has 0 atom stereocenters. The van der Waals surface area contributed by atoms with E-state index in [2.05, 4.69) is 9.73 Å². The highest BCUT2D eigenvalue weighted by Crippen LogP contribution is 1.95. The summed E-state index contributed by atoms with van der Waals surface area (Å²) in [5, 5.41) is 0. The molecule has 8 heavy (non-hydrogen) atoms. The van der Waals surface area contributed by atoms with Gasteiger partial charge in [0.15, 0.2) is 0 Å². The minimum Gasteiger partial charge on any atom is -0.405 e. The first-order valence-corrected chi connectivity index (χ1v) is 2.19. The predicted octanol–water partition coefficient (Wildman–Crippen LogP) is 0.128. The van der Waals surface area contributed by atoms with Crippen LogP contribution in [-0.2, 0) is 9.53 Å². The maximum Gasteiger partial charge on any atom is 0.337 e. The summed E-state index contributed by atoms with van der Waals surface area (Å²) < 4.78 is 4.51. The number of carbonyl (C=O) groups is 1. The third kappa shape index (κ3) is 0.753. The molecular weight excluding hydrogens is 106 g/mol. The van der Waals surface area contributed by atoms with Crippen LogP contribution in [0.2, 0.25) is 0 Å². The van der Waals surface area contributed by atoms with Crippen LogP contribution in [0.4, 0.5) is 0 Å². The van der Waals surface area contributed by atoms with Crippen molar-refractivity contribution in [3.63, 3.8) is 0 Å². The minimum absolute atomic E-state index is 0.342. The lowest BCUT2D eigenvalue weighted by Crippen LogP contribution is -1.97. The van der Waals surface area contributed by atoms with Crippen molar-refractivity contribution in [3.8, 4) is 0 Å². The molecule has 3 heteroatoms. The van der Waals surface area contributed by atoms with Crippen LogP contribution in [0.1, 0.15) is 0 Å². The van der Waals surface area contributed by atoms with Crippen molar-refractivity contribution in [2.75, 3.05) is 7.05 Å². The molecule has 0 saturated heterocycles. The topological polar surface area (TPSA) is 38.7 Å². The van der Waals surface area contributed by atoms with Crippen LogP contribution in [0, 0.1) is 0 Å². The molecule has 0 aliphatic carbocycles. The van der Waals surface area contributed by atoms with Crippen LogP contribution in [0.15, 0.2) is 17.1 Å². The van der Waals surface area contributed by atoms with Crippen LogP contribution in [-0.4, -0.2) is 18.9 Å². The summed E-state index contributed by atoms with van der Waals surface area (Å²) >= 11 is 0. The Labute approximate surface area is 46.7 Å². The lowest BCUT2D eigenvalue weighted by Gasteiger charge is -1.87. The van der Waals surface area contributed by atoms with E-state index < -0.39 is 0 Å². The Morgan fingerprint density at radius 2 is 2.38 bits per heavy atom. The number of carbonyl (C=O) groups excluding carboxylic acids is 1. The molecule has 42 valence electrons. The standard InChI is InChI=1S/C5H5NO2/c1-6-4-2-3-5(7)8-4/h2-3H,1H3. The Hall–Kier alpha value is -1.12. The second-order valence-corrected chi connectivity index (χ2v) is 1.32. The van der Waals surface area contributed by atoms with Gasteiger partial charge in [-0.15, -0.1) is 0 Å². The lowest BCUT2D eigenvalue weighted by molar-refractivity contribution is -0.129. The van der Waals surface area contributed by atoms with Crippen molar-refractivity contribution in [3.05, 3.63) is 12.2 Å². The van der Waals surface area contributed by atoms with E-state index in [0.29, 0.717) is 5.90 Å². The van der Waals surface area contributed by atoms with Crippen molar-refractivity contribution in [2.24, 2.45) is 4.99 Å². The Morgan fingerprint density at radius 1 is 1.62 bits per heavy atom. The average molecular weight is 111 g/mol. The van der Waals surface area contributed by atoms with E-state index in [1.54, 1.807) is 7.05 Å². The van der Waals surface area contributed by atoms with Crippen LogP contribution >= 0.6 is 0 Å². The van der Waals surface area contributed by atoms with Crippen molar-refractivity contribution >= 4 is 11.9 Å². The van der Waals surface area contributed by atoms with Crippen molar-refractivity contribution in [1.82, 2.24) is 0 Å². The first-order valence-electron chi connectivity index (χ1n) is 2.19. The first-order chi connectivity index (χ1) is 3.83. The predicted molar refractivity (Wildman–Crippen MR) is 28.6 cm³/mol. The van der Waals surface area contributed by atoms with Gasteiger partial charge in [0.2, 0.25) is 5.90 Å². The third-order valence-electron chi connectivity index (χ3n) is 0.788. The molecule has 1 aliphatic heterocycles. The molecule has 0 spiro atoms. The van der Waals surface area contributed by atoms with E-state index in [0.717, 1.165) is 0 Å². The van der Waals surface area contributed by atoms with Crippen LogP contribution in [0.25, 0.3) is 0 Å². The minimum atomic E-state index is -0.342. The summed E-state index contributed by atoms with van der Waals surface area (Å²) in [6.07, 6.45) is 2.87. The van der Waals surface area contributed by atoms with Gasteiger partial charge in [0.25, 0.3) is 0 Å². The number of hydrogen-bond donors (Lipinski definition) is 0. The highest BCUT2D eigenvalue weighted by Gasteiger charge is 2.08. The maximum absolute atomic E-state index is 10.2. The molecular formula is C5H5NO2. The van der Waals surface area contributed by atoms with Crippen molar-refractivity contribution in [2.45, 2.75) is 0 Å². The number of hydrogen-bond acceptors (Lipinski definition) is 3. The molecule has 3 nitrogen and oxygen atoms in total. The van der Waals surface area contributed by atoms with Crippen LogP contribution in [0.5, 0.6) is 0 Å². The zero-order chi connectivity index (χ0) is 5.98. The molecule has 0 unspecified atom stereocenters. The fraction of sp³-hybridized carbons (Fsp3) is 0.200. The summed E-state index contributed by atoms with van der Waals surface area (Å²) in [6.45, 7) is 0. The van der Waals surface area contributed by atoms with Gasteiger partial charge >= 0.3 is 5.97 Å². The second-order valence-electron chi connectivity index (χ2n) is 1.32. The second kappa shape index (κ2) is 1.78. The van der Waals surface area contributed by atoms with Crippen LogP contribution in [0.3, 0.4) is 0 Å². The van der Waals surface area contributed by atoms with E-state index in [9.17, 15) is 4.79 Å². The van der Waals surface area contributed by atoms with Gasteiger partial charge in [-0.3, -0.25) is 4.99 Å². The molecule has 0 saturated carbocycles. The molecule has 0 fully saturated rings. The summed E-state index contributed by atoms with van der Waals surface area (Å²) in [4.78, 5) is 13.8. The van der Waals surface area contributed by atoms with Gasteiger partial charge in [0, 0.05) is 19.2 Å². The van der Waals surface area contributed by atoms with Gasteiger partial charge in [-0.1, -0.05) is 0 Å². The number of cyclic esters (lactones) is 1. The van der Waals surface area contributed by atoms with E-state index in [1.807, 2.05) is 0 Å². The summed E-state index contributed by atoms with van der Waals surface area (Å²) in [5.74, 6) is 0.0422. The highest BCUT2D eigenvalue weighted by molar-refractivity contribution is 6.07. The molecule has 0 bridgehead atoms. The number of rotatable bonds is 0. The quantitative estimate of drug-likeness (QED) is 0.417. The molecule has 0 radical (unpaired) electrons. The number of nitrogens with zero attached hydrogens (tertiary/aromatic N) is 1. The van der Waals surface area contributed by atoms with Gasteiger partial charge in [-0.2, -0.15) is 0 Å². The fourth-order valence-electron chi connectivity index (χ4n) is 0.431. The van der Waals surface area contributed by atoms with E-state index in [4.69, 9.17) is 0 Å². The first kappa shape index (κ1) is 5.03. The van der Waals surface area contributed by atoms with Gasteiger partial charge in [-0.25, -0.2) is 4.79 Å². The van der Waals surface area contributed by atoms with Gasteiger partial charge < -0.3 is 4.74 Å². The van der Waals surface area contributed by atoms with Crippen molar-refractivity contribution in [1.29, 1.82) is 0 Å². The SMILES string of the molecule is CN=C1C=CC(=O)O1. The molecule has 0 aromatic carbocycles. The summed E-state index contributed by atoms with van der Waals surface area (Å²) in [5.41, 5.74) is 0. The summed E-state index contributed by atoms with van der Waals surface area (Å²) in [6, 6.07) is 0. The average Bonchev–Trinajstić information content (AvgIpc) is 2.14. The largest absolute Gasteiger partial charge is 0.405 e. The molecule has 1 rings (SSSR count). The highest BCUT2D eigenvalue weighted by atomic mass is 16.5. The van der Waals surface area contributed by atoms with E-state index in [-0.39, 0.29) is 5.97 Å². The molecule has 0 aromatic rings. The third-order valence-corrected chi connectivity index (χ3v) is 0.788. The van der Waals surface area contributed by atoms with Crippen molar-refractivity contribution < 1.29 is 9.53 Å². The molecule has 1 aliphatic rings. The zero-order valence-electron chi connectivity index (χ0n) is 4.42. The number of esters is 1. The van der Waals surface area contributed by atoms with Crippen LogP contribution < -0.4 is 0 Å². The Kier molecular flexibility index (Phi) is 1.12. The maximum atomic E-state index is 10.2. The Balaban J connectivity index is 2.73. The number of aliphatic imine (C=N–C) groups is 1. The summed E-state index contributed by atoms with van der Waals surface area (Å²) in [7, 11) is 1.57. The normalized spacial score (nSPS) is 22.1.